The lowest BCUT2D eigenvalue weighted by Crippen LogP contribution is -2.45. The van der Waals surface area contributed by atoms with E-state index < -0.39 is 6.10 Å². The Morgan fingerprint density at radius 2 is 2.18 bits per heavy atom. The van der Waals surface area contributed by atoms with Crippen LogP contribution >= 0.6 is 0 Å². The van der Waals surface area contributed by atoms with Gasteiger partial charge in [0.15, 0.2) is 6.10 Å². The molecule has 6 nitrogen and oxygen atoms in total. The molecule has 1 heterocycles. The molecule has 1 atom stereocenters. The van der Waals surface area contributed by atoms with Gasteiger partial charge < -0.3 is 19.1 Å². The molecule has 1 saturated heterocycles. The average Bonchev–Trinajstić information content (AvgIpc) is 2.39. The largest absolute Gasteiger partial charge is 0.469 e. The molecule has 0 N–H and O–H groups in total. The standard InChI is InChI=1S/C11H19NO5/c1-3-12(5-4-10(13)15-2)11(14)9-8-16-6-7-17-9/h9H,3-8H2,1-2H3. The third-order valence-electron chi connectivity index (χ3n) is 2.60. The molecule has 98 valence electrons. The molecular formula is C11H19NO5. The molecule has 6 heteroatoms. The number of carbonyl (C=O) groups is 2. The van der Waals surface area contributed by atoms with Crippen LogP contribution in [-0.4, -0.2) is 62.9 Å². The normalized spacial score (nSPS) is 19.8. The van der Waals surface area contributed by atoms with Gasteiger partial charge in [-0.1, -0.05) is 0 Å². The molecule has 1 unspecified atom stereocenters. The summed E-state index contributed by atoms with van der Waals surface area (Å²) in [6.45, 7) is 3.99. The fourth-order valence-electron chi connectivity index (χ4n) is 1.59. The Labute approximate surface area is 101 Å². The van der Waals surface area contributed by atoms with Gasteiger partial charge in [0.2, 0.25) is 0 Å². The maximum Gasteiger partial charge on any atom is 0.307 e. The summed E-state index contributed by atoms with van der Waals surface area (Å²) in [5.74, 6) is -0.451. The second-order valence-electron chi connectivity index (χ2n) is 3.68. The van der Waals surface area contributed by atoms with Crippen molar-refractivity contribution in [3.05, 3.63) is 0 Å². The predicted molar refractivity (Wildman–Crippen MR) is 59.4 cm³/mol. The van der Waals surface area contributed by atoms with Crippen molar-refractivity contribution in [1.82, 2.24) is 4.90 Å². The number of likely N-dealkylation sites (N-methyl/N-ethyl adjacent to an activating group) is 1. The highest BCUT2D eigenvalue weighted by molar-refractivity contribution is 5.81. The number of ether oxygens (including phenoxy) is 3. The van der Waals surface area contributed by atoms with E-state index in [1.807, 2.05) is 6.92 Å². The van der Waals surface area contributed by atoms with Gasteiger partial charge in [0.25, 0.3) is 5.91 Å². The van der Waals surface area contributed by atoms with E-state index in [9.17, 15) is 9.59 Å². The van der Waals surface area contributed by atoms with Crippen LogP contribution in [0.5, 0.6) is 0 Å². The van der Waals surface area contributed by atoms with E-state index in [2.05, 4.69) is 4.74 Å². The Morgan fingerprint density at radius 3 is 2.71 bits per heavy atom. The monoisotopic (exact) mass is 245 g/mol. The van der Waals surface area contributed by atoms with Gasteiger partial charge in [-0.05, 0) is 6.92 Å². The summed E-state index contributed by atoms with van der Waals surface area (Å²) in [4.78, 5) is 24.6. The third-order valence-corrected chi connectivity index (χ3v) is 2.60. The van der Waals surface area contributed by atoms with Crippen LogP contribution in [0.15, 0.2) is 0 Å². The van der Waals surface area contributed by atoms with Gasteiger partial charge in [-0.15, -0.1) is 0 Å². The molecule has 0 saturated carbocycles. The zero-order valence-electron chi connectivity index (χ0n) is 10.3. The number of amides is 1. The van der Waals surface area contributed by atoms with Crippen LogP contribution in [0.1, 0.15) is 13.3 Å². The molecule has 1 rings (SSSR count). The van der Waals surface area contributed by atoms with Crippen molar-refractivity contribution in [3.63, 3.8) is 0 Å². The van der Waals surface area contributed by atoms with Crippen molar-refractivity contribution >= 4 is 11.9 Å². The molecular weight excluding hydrogens is 226 g/mol. The van der Waals surface area contributed by atoms with Gasteiger partial charge in [-0.25, -0.2) is 0 Å². The van der Waals surface area contributed by atoms with Gasteiger partial charge in [0.05, 0.1) is 33.4 Å². The molecule has 1 amide bonds. The van der Waals surface area contributed by atoms with E-state index >= 15 is 0 Å². The molecule has 0 spiro atoms. The van der Waals surface area contributed by atoms with E-state index in [1.54, 1.807) is 4.90 Å². The first-order chi connectivity index (χ1) is 8.19. The molecule has 0 bridgehead atoms. The lowest BCUT2D eigenvalue weighted by molar-refractivity contribution is -0.158. The summed E-state index contributed by atoms with van der Waals surface area (Å²) >= 11 is 0. The quantitative estimate of drug-likeness (QED) is 0.628. The van der Waals surface area contributed by atoms with Crippen LogP contribution in [0.2, 0.25) is 0 Å². The zero-order chi connectivity index (χ0) is 12.7. The van der Waals surface area contributed by atoms with Gasteiger partial charge in [0, 0.05) is 13.1 Å². The molecule has 0 aromatic heterocycles. The topological polar surface area (TPSA) is 65.1 Å². The second-order valence-corrected chi connectivity index (χ2v) is 3.68. The van der Waals surface area contributed by atoms with E-state index in [1.165, 1.54) is 7.11 Å². The fraction of sp³-hybridized carbons (Fsp3) is 0.818. The van der Waals surface area contributed by atoms with Crippen molar-refractivity contribution < 1.29 is 23.8 Å². The third kappa shape index (κ3) is 4.32. The van der Waals surface area contributed by atoms with Crippen molar-refractivity contribution in [3.8, 4) is 0 Å². The number of nitrogens with zero attached hydrogens (tertiary/aromatic N) is 1. The van der Waals surface area contributed by atoms with Crippen LogP contribution in [-0.2, 0) is 23.8 Å². The molecule has 1 aliphatic rings. The predicted octanol–water partition coefficient (Wildman–Crippen LogP) is -0.187. The minimum absolute atomic E-state index is 0.129. The first-order valence-corrected chi connectivity index (χ1v) is 5.74. The lowest BCUT2D eigenvalue weighted by Gasteiger charge is -2.28. The molecule has 0 aromatic rings. The van der Waals surface area contributed by atoms with Crippen LogP contribution in [0.3, 0.4) is 0 Å². The lowest BCUT2D eigenvalue weighted by atomic mass is 10.2. The first-order valence-electron chi connectivity index (χ1n) is 5.74. The van der Waals surface area contributed by atoms with Crippen LogP contribution < -0.4 is 0 Å². The van der Waals surface area contributed by atoms with Crippen LogP contribution in [0, 0.1) is 0 Å². The number of rotatable bonds is 5. The molecule has 17 heavy (non-hydrogen) atoms. The smallest absolute Gasteiger partial charge is 0.307 e. The average molecular weight is 245 g/mol. The molecule has 0 aliphatic carbocycles. The van der Waals surface area contributed by atoms with Crippen LogP contribution in [0.25, 0.3) is 0 Å². The molecule has 1 aliphatic heterocycles. The van der Waals surface area contributed by atoms with Crippen molar-refractivity contribution in [2.24, 2.45) is 0 Å². The minimum atomic E-state index is -0.540. The number of esters is 1. The Bertz CT molecular complexity index is 263. The Kier molecular flexibility index (Phi) is 5.93. The van der Waals surface area contributed by atoms with Crippen molar-refractivity contribution in [2.75, 3.05) is 40.0 Å². The Hall–Kier alpha value is -1.14. The minimum Gasteiger partial charge on any atom is -0.469 e. The maximum absolute atomic E-state index is 12.0. The van der Waals surface area contributed by atoms with Crippen molar-refractivity contribution in [1.29, 1.82) is 0 Å². The summed E-state index contributed by atoms with van der Waals surface area (Å²) < 4.78 is 15.0. The van der Waals surface area contributed by atoms with Gasteiger partial charge in [-0.2, -0.15) is 0 Å². The highest BCUT2D eigenvalue weighted by Crippen LogP contribution is 2.06. The second kappa shape index (κ2) is 7.24. The van der Waals surface area contributed by atoms with Gasteiger partial charge >= 0.3 is 5.97 Å². The summed E-state index contributed by atoms with van der Waals surface area (Å²) in [6.07, 6.45) is -0.342. The maximum atomic E-state index is 12.0. The van der Waals surface area contributed by atoms with E-state index in [-0.39, 0.29) is 24.9 Å². The first kappa shape index (κ1) is 13.9. The SMILES string of the molecule is CCN(CCC(=O)OC)C(=O)C1COCCO1. The highest BCUT2D eigenvalue weighted by Gasteiger charge is 2.26. The van der Waals surface area contributed by atoms with E-state index in [4.69, 9.17) is 9.47 Å². The summed E-state index contributed by atoms with van der Waals surface area (Å²) in [5, 5.41) is 0. The molecule has 0 radical (unpaired) electrons. The molecule has 1 fully saturated rings. The Balaban J connectivity index is 2.42. The van der Waals surface area contributed by atoms with E-state index in [0.29, 0.717) is 26.3 Å². The number of hydrogen-bond donors (Lipinski definition) is 0. The zero-order valence-corrected chi connectivity index (χ0v) is 10.3. The molecule has 0 aromatic carbocycles. The van der Waals surface area contributed by atoms with Gasteiger partial charge in [0.1, 0.15) is 0 Å². The number of carbonyl (C=O) groups excluding carboxylic acids is 2. The summed E-state index contributed by atoms with van der Waals surface area (Å²) in [5.41, 5.74) is 0. The number of hydrogen-bond acceptors (Lipinski definition) is 5. The highest BCUT2D eigenvalue weighted by atomic mass is 16.6. The van der Waals surface area contributed by atoms with Gasteiger partial charge in [-0.3, -0.25) is 9.59 Å². The number of methoxy groups -OCH3 is 1. The Morgan fingerprint density at radius 1 is 1.41 bits per heavy atom. The summed E-state index contributed by atoms with van der Waals surface area (Å²) in [6, 6.07) is 0. The fourth-order valence-corrected chi connectivity index (χ4v) is 1.59. The van der Waals surface area contributed by atoms with Crippen molar-refractivity contribution in [2.45, 2.75) is 19.4 Å². The van der Waals surface area contributed by atoms with E-state index in [0.717, 1.165) is 0 Å². The summed E-state index contributed by atoms with van der Waals surface area (Å²) in [7, 11) is 1.33. The van der Waals surface area contributed by atoms with Crippen LogP contribution in [0.4, 0.5) is 0 Å².